The number of fused-ring (bicyclic) bond motifs is 1. The van der Waals surface area contributed by atoms with Crippen LogP contribution in [0.15, 0.2) is 0 Å². The van der Waals surface area contributed by atoms with Crippen molar-refractivity contribution in [3.8, 4) is 0 Å². The van der Waals surface area contributed by atoms with Crippen molar-refractivity contribution >= 4 is 0 Å². The second-order valence-corrected chi connectivity index (χ2v) is 5.91. The van der Waals surface area contributed by atoms with Crippen LogP contribution in [0.2, 0.25) is 0 Å². The van der Waals surface area contributed by atoms with Gasteiger partial charge in [-0.1, -0.05) is 0 Å². The Morgan fingerprint density at radius 2 is 1.88 bits per heavy atom. The zero-order chi connectivity index (χ0) is 11.0. The maximum atomic E-state index is 6.14. The molecule has 3 rings (SSSR count). The zero-order valence-corrected chi connectivity index (χ0v) is 10.3. The number of hydrogen-bond donors (Lipinski definition) is 1. The molecular weight excluding hydrogens is 198 g/mol. The van der Waals surface area contributed by atoms with E-state index in [0.29, 0.717) is 5.54 Å². The Morgan fingerprint density at radius 3 is 2.62 bits per heavy atom. The van der Waals surface area contributed by atoms with Gasteiger partial charge in [-0.3, -0.25) is 4.90 Å². The number of piperidine rings is 1. The topological polar surface area (TPSA) is 32.5 Å². The third-order valence-corrected chi connectivity index (χ3v) is 5.14. The molecule has 92 valence electrons. The highest BCUT2D eigenvalue weighted by atomic mass is 15.3. The summed E-state index contributed by atoms with van der Waals surface area (Å²) in [5.74, 6) is 0. The van der Waals surface area contributed by atoms with Crippen LogP contribution in [0.5, 0.6) is 0 Å². The minimum atomic E-state index is 0.363. The molecule has 3 fully saturated rings. The van der Waals surface area contributed by atoms with Gasteiger partial charge in [-0.2, -0.15) is 0 Å². The van der Waals surface area contributed by atoms with Crippen molar-refractivity contribution in [2.75, 3.05) is 32.7 Å². The smallest absolute Gasteiger partial charge is 0.0358 e. The standard InChI is InChI=1S/C13H25N3/c14-11-13(16-7-1-2-8-16)5-9-15-6-3-4-12(15)10-13/h12H,1-11,14H2. The van der Waals surface area contributed by atoms with Crippen LogP contribution in [0.1, 0.15) is 38.5 Å². The van der Waals surface area contributed by atoms with E-state index >= 15 is 0 Å². The monoisotopic (exact) mass is 223 g/mol. The van der Waals surface area contributed by atoms with Crippen molar-refractivity contribution in [1.29, 1.82) is 0 Å². The maximum absolute atomic E-state index is 6.14. The van der Waals surface area contributed by atoms with E-state index < -0.39 is 0 Å². The summed E-state index contributed by atoms with van der Waals surface area (Å²) in [6.45, 7) is 6.09. The van der Waals surface area contributed by atoms with Crippen molar-refractivity contribution in [3.05, 3.63) is 0 Å². The summed E-state index contributed by atoms with van der Waals surface area (Å²) in [4.78, 5) is 5.41. The highest BCUT2D eigenvalue weighted by Gasteiger charge is 2.44. The van der Waals surface area contributed by atoms with Crippen LogP contribution >= 0.6 is 0 Å². The molecule has 0 aliphatic carbocycles. The van der Waals surface area contributed by atoms with Gasteiger partial charge in [0.1, 0.15) is 0 Å². The number of likely N-dealkylation sites (tertiary alicyclic amines) is 1. The third-order valence-electron chi connectivity index (χ3n) is 5.14. The average molecular weight is 223 g/mol. The van der Waals surface area contributed by atoms with E-state index in [1.807, 2.05) is 0 Å². The van der Waals surface area contributed by atoms with Crippen molar-refractivity contribution in [2.45, 2.75) is 50.1 Å². The summed E-state index contributed by atoms with van der Waals surface area (Å²) in [5.41, 5.74) is 6.50. The van der Waals surface area contributed by atoms with E-state index in [-0.39, 0.29) is 0 Å². The first-order valence-corrected chi connectivity index (χ1v) is 7.03. The Morgan fingerprint density at radius 1 is 1.06 bits per heavy atom. The van der Waals surface area contributed by atoms with Crippen molar-refractivity contribution in [1.82, 2.24) is 9.80 Å². The Labute approximate surface area is 99.0 Å². The van der Waals surface area contributed by atoms with Crippen LogP contribution in [0.3, 0.4) is 0 Å². The van der Waals surface area contributed by atoms with Gasteiger partial charge in [0.2, 0.25) is 0 Å². The first-order valence-electron chi connectivity index (χ1n) is 7.03. The van der Waals surface area contributed by atoms with Crippen LogP contribution in [0.4, 0.5) is 0 Å². The summed E-state index contributed by atoms with van der Waals surface area (Å²) in [6, 6.07) is 0.845. The Kier molecular flexibility index (Phi) is 2.94. The van der Waals surface area contributed by atoms with E-state index in [1.54, 1.807) is 0 Å². The van der Waals surface area contributed by atoms with Crippen LogP contribution in [-0.2, 0) is 0 Å². The zero-order valence-electron chi connectivity index (χ0n) is 10.3. The lowest BCUT2D eigenvalue weighted by Gasteiger charge is -2.49. The number of nitrogens with two attached hydrogens (primary N) is 1. The largest absolute Gasteiger partial charge is 0.329 e. The van der Waals surface area contributed by atoms with Gasteiger partial charge in [-0.25, -0.2) is 0 Å². The first-order chi connectivity index (χ1) is 7.84. The fraction of sp³-hybridized carbons (Fsp3) is 1.00. The van der Waals surface area contributed by atoms with E-state index in [9.17, 15) is 0 Å². The van der Waals surface area contributed by atoms with E-state index in [4.69, 9.17) is 5.73 Å². The molecule has 0 spiro atoms. The van der Waals surface area contributed by atoms with Gasteiger partial charge < -0.3 is 10.6 Å². The molecule has 0 aromatic carbocycles. The molecule has 3 heteroatoms. The Bertz CT molecular complexity index is 250. The quantitative estimate of drug-likeness (QED) is 0.759. The second-order valence-electron chi connectivity index (χ2n) is 5.91. The van der Waals surface area contributed by atoms with Crippen LogP contribution in [0.25, 0.3) is 0 Å². The van der Waals surface area contributed by atoms with Crippen molar-refractivity contribution in [3.63, 3.8) is 0 Å². The van der Waals surface area contributed by atoms with Crippen LogP contribution < -0.4 is 5.73 Å². The molecule has 0 bridgehead atoms. The molecule has 2 atom stereocenters. The minimum absolute atomic E-state index is 0.363. The Hall–Kier alpha value is -0.120. The minimum Gasteiger partial charge on any atom is -0.329 e. The normalized spacial score (nSPS) is 41.4. The van der Waals surface area contributed by atoms with Gasteiger partial charge in [0.05, 0.1) is 0 Å². The molecule has 3 saturated heterocycles. The highest BCUT2D eigenvalue weighted by Crippen LogP contribution is 2.37. The predicted octanol–water partition coefficient (Wildman–Crippen LogP) is 1.04. The first kappa shape index (κ1) is 11.0. The van der Waals surface area contributed by atoms with Crippen molar-refractivity contribution in [2.24, 2.45) is 5.73 Å². The second kappa shape index (κ2) is 4.28. The van der Waals surface area contributed by atoms with Gasteiger partial charge in [0.15, 0.2) is 0 Å². The molecule has 0 saturated carbocycles. The number of hydrogen-bond acceptors (Lipinski definition) is 3. The van der Waals surface area contributed by atoms with Gasteiger partial charge in [0.25, 0.3) is 0 Å². The highest BCUT2D eigenvalue weighted by molar-refractivity contribution is 5.02. The fourth-order valence-electron chi connectivity index (χ4n) is 4.11. The number of rotatable bonds is 2. The lowest BCUT2D eigenvalue weighted by molar-refractivity contribution is 0.0253. The summed E-state index contributed by atoms with van der Waals surface area (Å²) >= 11 is 0. The van der Waals surface area contributed by atoms with Crippen LogP contribution in [0, 0.1) is 0 Å². The molecular formula is C13H25N3. The van der Waals surface area contributed by atoms with Gasteiger partial charge >= 0.3 is 0 Å². The van der Waals surface area contributed by atoms with Gasteiger partial charge in [-0.05, 0) is 58.2 Å². The van der Waals surface area contributed by atoms with E-state index in [2.05, 4.69) is 9.80 Å². The SMILES string of the molecule is NCC1(N2CCCC2)CCN2CCCC2C1. The Balaban J connectivity index is 1.74. The van der Waals surface area contributed by atoms with E-state index in [0.717, 1.165) is 12.6 Å². The average Bonchev–Trinajstić information content (AvgIpc) is 2.99. The fourth-order valence-corrected chi connectivity index (χ4v) is 4.11. The lowest BCUT2D eigenvalue weighted by atomic mass is 9.82. The summed E-state index contributed by atoms with van der Waals surface area (Å²) < 4.78 is 0. The molecule has 0 amide bonds. The van der Waals surface area contributed by atoms with Gasteiger partial charge in [0, 0.05) is 24.7 Å². The molecule has 0 radical (unpaired) electrons. The molecule has 3 nitrogen and oxygen atoms in total. The predicted molar refractivity (Wildman–Crippen MR) is 66.4 cm³/mol. The van der Waals surface area contributed by atoms with E-state index in [1.165, 1.54) is 64.7 Å². The molecule has 16 heavy (non-hydrogen) atoms. The maximum Gasteiger partial charge on any atom is 0.0358 e. The summed E-state index contributed by atoms with van der Waals surface area (Å²) in [7, 11) is 0. The summed E-state index contributed by atoms with van der Waals surface area (Å²) in [5, 5.41) is 0. The lowest BCUT2D eigenvalue weighted by Crippen LogP contribution is -2.60. The number of nitrogens with zero attached hydrogens (tertiary/aromatic N) is 2. The molecule has 3 aliphatic rings. The molecule has 3 aliphatic heterocycles. The molecule has 0 aromatic rings. The molecule has 3 heterocycles. The molecule has 0 aromatic heterocycles. The third kappa shape index (κ3) is 1.69. The molecule has 2 N–H and O–H groups in total. The van der Waals surface area contributed by atoms with Crippen molar-refractivity contribution < 1.29 is 0 Å². The molecule has 2 unspecified atom stereocenters. The van der Waals surface area contributed by atoms with Crippen LogP contribution in [-0.4, -0.2) is 54.1 Å². The summed E-state index contributed by atoms with van der Waals surface area (Å²) in [6.07, 6.45) is 8.23. The van der Waals surface area contributed by atoms with Gasteiger partial charge in [-0.15, -0.1) is 0 Å².